The highest BCUT2D eigenvalue weighted by Gasteiger charge is 2.51. The summed E-state index contributed by atoms with van der Waals surface area (Å²) in [6.45, 7) is 3.32. The summed E-state index contributed by atoms with van der Waals surface area (Å²) in [7, 11) is 3.61. The van der Waals surface area contributed by atoms with E-state index < -0.39 is 76.2 Å². The van der Waals surface area contributed by atoms with Gasteiger partial charge in [0.2, 0.25) is 5.78 Å². The first kappa shape index (κ1) is 27.5. The van der Waals surface area contributed by atoms with Crippen molar-refractivity contribution in [3.63, 3.8) is 0 Å². The van der Waals surface area contributed by atoms with Gasteiger partial charge in [-0.25, -0.2) is 0 Å². The van der Waals surface area contributed by atoms with Crippen LogP contribution in [0.4, 0.5) is 0 Å². The van der Waals surface area contributed by atoms with E-state index in [2.05, 4.69) is 0 Å². The van der Waals surface area contributed by atoms with E-state index in [9.17, 15) is 40.2 Å². The Balaban J connectivity index is 1.67. The van der Waals surface area contributed by atoms with Crippen LogP contribution >= 0.6 is 0 Å². The molecule has 3 aliphatic rings. The van der Waals surface area contributed by atoms with Crippen LogP contribution in [0.15, 0.2) is 18.2 Å². The monoisotopic (exact) mass is 543 g/mol. The largest absolute Gasteiger partial charge is 0.507 e. The number of hydrogen-bond donors (Lipinski definition) is 6. The lowest BCUT2D eigenvalue weighted by molar-refractivity contribution is -0.261. The highest BCUT2D eigenvalue weighted by Crippen LogP contribution is 2.56. The fraction of sp³-hybridized carbons (Fsp3) is 0.500. The molecule has 0 spiro atoms. The number of ketones is 2. The van der Waals surface area contributed by atoms with Crippen LogP contribution in [0.1, 0.15) is 88.3 Å². The van der Waals surface area contributed by atoms with Gasteiger partial charge in [0.1, 0.15) is 23.4 Å². The lowest BCUT2D eigenvalue weighted by Crippen LogP contribution is -2.54. The van der Waals surface area contributed by atoms with E-state index in [1.54, 1.807) is 27.9 Å². The van der Waals surface area contributed by atoms with E-state index in [1.807, 2.05) is 4.90 Å². The molecular formula is C28H33NO10. The fourth-order valence-corrected chi connectivity index (χ4v) is 6.10. The lowest BCUT2D eigenvalue weighted by Gasteiger charge is -2.45. The van der Waals surface area contributed by atoms with Gasteiger partial charge in [-0.15, -0.1) is 0 Å². The van der Waals surface area contributed by atoms with Crippen molar-refractivity contribution in [1.82, 2.24) is 4.90 Å². The number of hydrogen-bond acceptors (Lipinski definition) is 11. The van der Waals surface area contributed by atoms with Crippen LogP contribution in [-0.4, -0.2) is 91.3 Å². The van der Waals surface area contributed by atoms with Gasteiger partial charge in [-0.2, -0.15) is 0 Å². The topological polar surface area (TPSA) is 177 Å². The number of likely N-dealkylation sites (N-methyl/N-ethyl adjacent to an activating group) is 1. The second-order valence-electron chi connectivity index (χ2n) is 10.8. The molecular weight excluding hydrogens is 510 g/mol. The van der Waals surface area contributed by atoms with Gasteiger partial charge < -0.3 is 45.0 Å². The average Bonchev–Trinajstić information content (AvgIpc) is 2.88. The average molecular weight is 544 g/mol. The molecule has 2 aromatic rings. The number of ether oxygens (including phenoxy) is 2. The predicted octanol–water partition coefficient (Wildman–Crippen LogP) is 1.64. The smallest absolute Gasteiger partial charge is 0.202 e. The molecule has 2 aliphatic carbocycles. The summed E-state index contributed by atoms with van der Waals surface area (Å²) in [6.07, 6.45) is -5.17. The molecule has 1 saturated heterocycles. The summed E-state index contributed by atoms with van der Waals surface area (Å²) in [5, 5.41) is 66.3. The summed E-state index contributed by atoms with van der Waals surface area (Å²) in [4.78, 5) is 28.7. The van der Waals surface area contributed by atoms with Crippen molar-refractivity contribution in [2.45, 2.75) is 75.5 Å². The fourth-order valence-electron chi connectivity index (χ4n) is 6.10. The molecule has 2 aromatic carbocycles. The number of rotatable bonds is 4. The maximum absolute atomic E-state index is 13.5. The number of phenolic OH excluding ortho intramolecular Hbond substituents is 3. The third kappa shape index (κ3) is 4.03. The molecule has 11 heteroatoms. The van der Waals surface area contributed by atoms with Crippen molar-refractivity contribution >= 4 is 11.6 Å². The maximum atomic E-state index is 13.5. The third-order valence-corrected chi connectivity index (χ3v) is 8.40. The van der Waals surface area contributed by atoms with Crippen LogP contribution in [-0.2, 0) is 9.47 Å². The molecule has 39 heavy (non-hydrogen) atoms. The highest BCUT2D eigenvalue weighted by atomic mass is 16.7. The van der Waals surface area contributed by atoms with Crippen LogP contribution in [0.3, 0.4) is 0 Å². The van der Waals surface area contributed by atoms with Gasteiger partial charge in [0.05, 0.1) is 40.6 Å². The van der Waals surface area contributed by atoms with Crippen molar-refractivity contribution in [3.05, 3.63) is 51.6 Å². The molecule has 210 valence electrons. The van der Waals surface area contributed by atoms with Crippen LogP contribution in [0.5, 0.6) is 17.2 Å². The number of benzene rings is 2. The first-order valence-corrected chi connectivity index (χ1v) is 12.9. The normalized spacial score (nSPS) is 32.1. The van der Waals surface area contributed by atoms with E-state index in [0.717, 1.165) is 0 Å². The number of nitrogens with zero attached hydrogens (tertiary/aromatic N) is 1. The van der Waals surface area contributed by atoms with Crippen molar-refractivity contribution < 1.29 is 49.7 Å². The molecule has 0 aromatic heterocycles. The van der Waals surface area contributed by atoms with Crippen LogP contribution in [0, 0.1) is 0 Å². The van der Waals surface area contributed by atoms with E-state index in [-0.39, 0.29) is 47.6 Å². The molecule has 1 fully saturated rings. The molecule has 1 heterocycles. The molecule has 0 amide bonds. The number of aliphatic hydroxyl groups is 3. The Morgan fingerprint density at radius 2 is 1.67 bits per heavy atom. The van der Waals surface area contributed by atoms with Gasteiger partial charge in [0.25, 0.3) is 0 Å². The Morgan fingerprint density at radius 3 is 2.31 bits per heavy atom. The summed E-state index contributed by atoms with van der Waals surface area (Å²) < 4.78 is 12.1. The number of carbonyl (C=O) groups excluding carboxylic acids is 2. The van der Waals surface area contributed by atoms with Gasteiger partial charge >= 0.3 is 0 Å². The third-order valence-electron chi connectivity index (χ3n) is 8.40. The number of carbonyl (C=O) groups is 2. The van der Waals surface area contributed by atoms with E-state index in [0.29, 0.717) is 0 Å². The van der Waals surface area contributed by atoms with Crippen molar-refractivity contribution in [1.29, 1.82) is 0 Å². The second kappa shape index (κ2) is 9.54. The molecule has 0 radical (unpaired) electrons. The Bertz CT molecular complexity index is 1360. The molecule has 0 saturated carbocycles. The second-order valence-corrected chi connectivity index (χ2v) is 10.8. The van der Waals surface area contributed by atoms with Crippen LogP contribution in [0.25, 0.3) is 0 Å². The molecule has 7 atom stereocenters. The summed E-state index contributed by atoms with van der Waals surface area (Å²) in [5.41, 5.74) is -3.79. The first-order valence-electron chi connectivity index (χ1n) is 12.9. The summed E-state index contributed by atoms with van der Waals surface area (Å²) in [5.74, 6) is -3.61. The predicted molar refractivity (Wildman–Crippen MR) is 136 cm³/mol. The molecule has 11 nitrogen and oxygen atoms in total. The number of fused-ring (bicyclic) bond motifs is 3. The van der Waals surface area contributed by atoms with Crippen molar-refractivity contribution in [2.24, 2.45) is 0 Å². The van der Waals surface area contributed by atoms with Crippen molar-refractivity contribution in [3.8, 4) is 17.2 Å². The number of phenols is 3. The van der Waals surface area contributed by atoms with E-state index >= 15 is 0 Å². The minimum absolute atomic E-state index is 0.0370. The minimum atomic E-state index is -1.81. The number of aromatic hydroxyl groups is 3. The van der Waals surface area contributed by atoms with Crippen LogP contribution < -0.4 is 0 Å². The maximum Gasteiger partial charge on any atom is 0.202 e. The Kier molecular flexibility index (Phi) is 6.73. The quantitative estimate of drug-likeness (QED) is 0.264. The standard InChI is InChI=1S/C28H33NO10/c1-5-28(37)10-15(39-16-9-13(29(3)4)22(31)11(2)38-16)18-21(27(28)36)26(35)19-20(25(18)34)24(33)17-12(23(19)32)7-6-8-14(17)30/h6-8,11,13,15-16,22,27,30-31,34-37H,5,9-10H2,1-4H3/t11-,13-,15-,16-,22+,27+,28+/m0/s1. The first-order chi connectivity index (χ1) is 18.3. The summed E-state index contributed by atoms with van der Waals surface area (Å²) >= 11 is 0. The van der Waals surface area contributed by atoms with Gasteiger partial charge in [-0.05, 0) is 33.5 Å². The minimum Gasteiger partial charge on any atom is -0.507 e. The molecule has 5 rings (SSSR count). The zero-order valence-corrected chi connectivity index (χ0v) is 22.1. The van der Waals surface area contributed by atoms with Crippen molar-refractivity contribution in [2.75, 3.05) is 14.1 Å². The SMILES string of the molecule is CC[C@@]1(O)C[C@H](O[C@H]2C[C@H](N(C)C)[C@H](O)[C@H](C)O2)c2c(O)c3c(c(O)c2[C@H]1O)C(=O)c1cccc(O)c1C3=O. The van der Waals surface area contributed by atoms with Crippen LogP contribution in [0.2, 0.25) is 0 Å². The Morgan fingerprint density at radius 1 is 1.03 bits per heavy atom. The van der Waals surface area contributed by atoms with E-state index in [4.69, 9.17) is 9.47 Å². The van der Waals surface area contributed by atoms with E-state index in [1.165, 1.54) is 18.2 Å². The summed E-state index contributed by atoms with van der Waals surface area (Å²) in [6, 6.07) is 3.59. The van der Waals surface area contributed by atoms with Gasteiger partial charge in [0, 0.05) is 35.6 Å². The number of aliphatic hydroxyl groups excluding tert-OH is 2. The molecule has 6 N–H and O–H groups in total. The zero-order chi connectivity index (χ0) is 28.5. The van der Waals surface area contributed by atoms with Gasteiger partial charge in [-0.3, -0.25) is 9.59 Å². The zero-order valence-electron chi connectivity index (χ0n) is 22.1. The lowest BCUT2D eigenvalue weighted by atomic mass is 9.70. The highest BCUT2D eigenvalue weighted by molar-refractivity contribution is 6.31. The van der Waals surface area contributed by atoms with Gasteiger partial charge in [-0.1, -0.05) is 19.1 Å². The molecule has 1 aliphatic heterocycles. The Hall–Kier alpha value is -3.06. The molecule has 0 unspecified atom stereocenters. The van der Waals surface area contributed by atoms with Gasteiger partial charge in [0.15, 0.2) is 12.1 Å². The Labute approximate surface area is 224 Å². The molecule has 0 bridgehead atoms.